The number of anilines is 1. The molecule has 5 rings (SSSR count). The average Bonchev–Trinajstić information content (AvgIpc) is 3.53. The van der Waals surface area contributed by atoms with Crippen LogP contribution in [0.1, 0.15) is 17.4 Å². The minimum absolute atomic E-state index is 0.364. The predicted octanol–water partition coefficient (Wildman–Crippen LogP) is 1.75. The molecule has 0 bridgehead atoms. The smallest absolute Gasteiger partial charge is 0.334 e. The third-order valence-electron chi connectivity index (χ3n) is 6.65. The third kappa shape index (κ3) is 5.34. The van der Waals surface area contributed by atoms with Gasteiger partial charge in [0.25, 0.3) is 0 Å². The van der Waals surface area contributed by atoms with Crippen LogP contribution in [-0.4, -0.2) is 74.7 Å². The van der Waals surface area contributed by atoms with E-state index in [2.05, 4.69) is 20.3 Å². The maximum absolute atomic E-state index is 11.4. The van der Waals surface area contributed by atoms with Crippen molar-refractivity contribution < 1.29 is 34.0 Å². The van der Waals surface area contributed by atoms with Crippen LogP contribution in [0.3, 0.4) is 0 Å². The van der Waals surface area contributed by atoms with Crippen LogP contribution in [0, 0.1) is 0 Å². The van der Waals surface area contributed by atoms with Gasteiger partial charge in [-0.25, -0.2) is 19.7 Å². The molecular weight excluding hydrogens is 520 g/mol. The first-order valence-corrected chi connectivity index (χ1v) is 12.6. The highest BCUT2D eigenvalue weighted by atomic mass is 16.6. The second-order valence-corrected chi connectivity index (χ2v) is 9.18. The zero-order valence-corrected chi connectivity index (χ0v) is 21.9. The molecule has 4 atom stereocenters. The van der Waals surface area contributed by atoms with Crippen LogP contribution in [0.4, 0.5) is 5.82 Å². The number of ether oxygens (including phenoxy) is 4. The highest BCUT2D eigenvalue weighted by molar-refractivity contribution is 5.82. The number of aliphatic hydroxyl groups excluding tert-OH is 1. The second-order valence-electron chi connectivity index (χ2n) is 9.18. The van der Waals surface area contributed by atoms with Crippen molar-refractivity contribution in [2.45, 2.75) is 37.5 Å². The van der Waals surface area contributed by atoms with Crippen LogP contribution in [0.15, 0.2) is 55.1 Å². The molecule has 0 amide bonds. The van der Waals surface area contributed by atoms with E-state index in [1.54, 1.807) is 14.2 Å². The van der Waals surface area contributed by atoms with Crippen molar-refractivity contribution in [1.29, 1.82) is 0 Å². The van der Waals surface area contributed by atoms with E-state index in [0.29, 0.717) is 53.8 Å². The number of rotatable bonds is 11. The number of nitrogens with zero attached hydrogens (tertiary/aromatic N) is 4. The van der Waals surface area contributed by atoms with Crippen LogP contribution in [0.5, 0.6) is 17.2 Å². The van der Waals surface area contributed by atoms with Gasteiger partial charge in [0, 0.05) is 6.54 Å². The van der Waals surface area contributed by atoms with Gasteiger partial charge in [0.1, 0.15) is 19.0 Å². The van der Waals surface area contributed by atoms with E-state index >= 15 is 0 Å². The van der Waals surface area contributed by atoms with Gasteiger partial charge < -0.3 is 40.2 Å². The lowest BCUT2D eigenvalue weighted by Gasteiger charge is -2.17. The van der Waals surface area contributed by atoms with Crippen LogP contribution >= 0.6 is 0 Å². The SMILES string of the molecule is COc1cc(CCNc2ncnc3c2ncn3[C@@H]2O[C@H](C(=O)O)[C@@H](N)[C@H]2O)cc(OC)c1OCc1ccccc1. The number of imidazole rings is 1. The van der Waals surface area contributed by atoms with Crippen molar-refractivity contribution in [3.8, 4) is 17.2 Å². The van der Waals surface area contributed by atoms with Gasteiger partial charge in [-0.3, -0.25) is 4.57 Å². The van der Waals surface area contributed by atoms with E-state index in [1.165, 1.54) is 17.2 Å². The highest BCUT2D eigenvalue weighted by Gasteiger charge is 2.46. The third-order valence-corrected chi connectivity index (χ3v) is 6.65. The first-order valence-electron chi connectivity index (χ1n) is 12.6. The summed E-state index contributed by atoms with van der Waals surface area (Å²) in [5, 5.41) is 23.1. The number of aliphatic hydroxyl groups is 1. The molecule has 1 aliphatic rings. The summed E-state index contributed by atoms with van der Waals surface area (Å²) < 4.78 is 24.2. The highest BCUT2D eigenvalue weighted by Crippen LogP contribution is 2.39. The molecule has 2 aromatic carbocycles. The van der Waals surface area contributed by atoms with Gasteiger partial charge in [0.05, 0.1) is 26.6 Å². The standard InChI is InChI=1S/C27H30N6O7/c1-37-17-10-16(11-18(38-2)22(17)39-12-15-6-4-3-5-7-15)8-9-29-24-20-25(31-13-30-24)33(14-32-20)26-21(34)19(28)23(40-26)27(35)36/h3-7,10-11,13-14,19,21,23,26,34H,8-9,12,28H2,1-2H3,(H,35,36)(H,29,30,31)/t19-,21+,23-,26+/m0/s1. The molecule has 4 aromatic rings. The van der Waals surface area contributed by atoms with Gasteiger partial charge in [-0.15, -0.1) is 0 Å². The number of aromatic nitrogens is 4. The number of aliphatic carboxylic acids is 1. The monoisotopic (exact) mass is 550 g/mol. The van der Waals surface area contributed by atoms with Gasteiger partial charge in [-0.2, -0.15) is 0 Å². The molecule has 0 radical (unpaired) electrons. The fourth-order valence-corrected chi connectivity index (χ4v) is 4.59. The fraction of sp³-hybridized carbons (Fsp3) is 0.333. The van der Waals surface area contributed by atoms with Crippen molar-refractivity contribution in [1.82, 2.24) is 19.5 Å². The van der Waals surface area contributed by atoms with Crippen LogP contribution < -0.4 is 25.3 Å². The lowest BCUT2D eigenvalue weighted by Crippen LogP contribution is -2.43. The van der Waals surface area contributed by atoms with E-state index in [0.717, 1.165) is 11.1 Å². The summed E-state index contributed by atoms with van der Waals surface area (Å²) in [5.41, 5.74) is 8.62. The predicted molar refractivity (Wildman–Crippen MR) is 143 cm³/mol. The van der Waals surface area contributed by atoms with Gasteiger partial charge in [0.2, 0.25) is 5.75 Å². The van der Waals surface area contributed by atoms with E-state index in [9.17, 15) is 15.0 Å². The number of hydrogen-bond acceptors (Lipinski definition) is 11. The Morgan fingerprint density at radius 2 is 1.82 bits per heavy atom. The molecule has 0 unspecified atom stereocenters. The number of carboxylic acid groups (broad SMARTS) is 1. The molecule has 0 saturated carbocycles. The summed E-state index contributed by atoms with van der Waals surface area (Å²) in [6.45, 7) is 0.862. The van der Waals surface area contributed by atoms with Gasteiger partial charge >= 0.3 is 5.97 Å². The summed E-state index contributed by atoms with van der Waals surface area (Å²) in [6, 6.07) is 12.5. The van der Waals surface area contributed by atoms with E-state index in [1.807, 2.05) is 42.5 Å². The normalized spacial score (nSPS) is 20.4. The first kappa shape index (κ1) is 27.1. The summed E-state index contributed by atoms with van der Waals surface area (Å²) in [6.07, 6.45) is -0.289. The number of carboxylic acids is 1. The lowest BCUT2D eigenvalue weighted by atomic mass is 10.1. The number of carbonyl (C=O) groups is 1. The number of hydrogen-bond donors (Lipinski definition) is 4. The molecule has 1 fully saturated rings. The van der Waals surface area contributed by atoms with Gasteiger partial charge in [0.15, 0.2) is 40.8 Å². The Balaban J connectivity index is 1.29. The topological polar surface area (TPSA) is 176 Å². The number of nitrogens with one attached hydrogen (secondary N) is 1. The fourth-order valence-electron chi connectivity index (χ4n) is 4.59. The van der Waals surface area contributed by atoms with Crippen molar-refractivity contribution >= 4 is 23.0 Å². The van der Waals surface area contributed by atoms with Crippen LogP contribution in [0.25, 0.3) is 11.2 Å². The largest absolute Gasteiger partial charge is 0.493 e. The van der Waals surface area contributed by atoms with Gasteiger partial charge in [-0.05, 0) is 29.7 Å². The lowest BCUT2D eigenvalue weighted by molar-refractivity contribution is -0.152. The molecule has 13 heteroatoms. The minimum atomic E-state index is -1.35. The zero-order valence-electron chi connectivity index (χ0n) is 21.9. The quantitative estimate of drug-likeness (QED) is 0.213. The maximum Gasteiger partial charge on any atom is 0.334 e. The zero-order chi connectivity index (χ0) is 28.2. The molecule has 0 aliphatic carbocycles. The van der Waals surface area contributed by atoms with Gasteiger partial charge in [-0.1, -0.05) is 30.3 Å². The molecule has 13 nitrogen and oxygen atoms in total. The summed E-state index contributed by atoms with van der Waals surface area (Å²) in [7, 11) is 3.16. The first-order chi connectivity index (χ1) is 19.4. The van der Waals surface area contributed by atoms with E-state index < -0.39 is 30.4 Å². The Morgan fingerprint density at radius 3 is 2.48 bits per heavy atom. The number of fused-ring (bicyclic) bond motifs is 1. The molecule has 0 spiro atoms. The Kier molecular flexibility index (Phi) is 7.96. The van der Waals surface area contributed by atoms with Crippen molar-refractivity contribution in [3.63, 3.8) is 0 Å². The Morgan fingerprint density at radius 1 is 1.10 bits per heavy atom. The maximum atomic E-state index is 11.4. The van der Waals surface area contributed by atoms with Crippen molar-refractivity contribution in [3.05, 3.63) is 66.2 Å². The summed E-state index contributed by atoms with van der Waals surface area (Å²) in [5.74, 6) is 0.856. The number of benzene rings is 2. The second kappa shape index (κ2) is 11.7. The van der Waals surface area contributed by atoms with E-state index in [-0.39, 0.29) is 0 Å². The number of methoxy groups -OCH3 is 2. The van der Waals surface area contributed by atoms with Crippen LogP contribution in [-0.2, 0) is 22.6 Å². The molecule has 1 saturated heterocycles. The molecule has 2 aromatic heterocycles. The van der Waals surface area contributed by atoms with Crippen LogP contribution in [0.2, 0.25) is 0 Å². The molecular formula is C27H30N6O7. The minimum Gasteiger partial charge on any atom is -0.493 e. The molecule has 3 heterocycles. The molecule has 1 aliphatic heterocycles. The average molecular weight is 551 g/mol. The van der Waals surface area contributed by atoms with Crippen molar-refractivity contribution in [2.75, 3.05) is 26.1 Å². The molecule has 210 valence electrons. The Bertz CT molecular complexity index is 1460. The summed E-state index contributed by atoms with van der Waals surface area (Å²) in [4.78, 5) is 24.3. The molecule has 40 heavy (non-hydrogen) atoms. The summed E-state index contributed by atoms with van der Waals surface area (Å²) >= 11 is 0. The molecule has 5 N–H and O–H groups in total. The van der Waals surface area contributed by atoms with E-state index in [4.69, 9.17) is 24.7 Å². The Hall–Kier alpha value is -4.46. The Labute approximate surface area is 229 Å². The van der Waals surface area contributed by atoms with Crippen molar-refractivity contribution in [2.24, 2.45) is 5.73 Å². The number of nitrogens with two attached hydrogens (primary N) is 1.